The molecule has 0 aliphatic heterocycles. The van der Waals surface area contributed by atoms with E-state index in [1.165, 1.54) is 11.8 Å². The van der Waals surface area contributed by atoms with Gasteiger partial charge < -0.3 is 5.32 Å². The summed E-state index contributed by atoms with van der Waals surface area (Å²) in [5.41, 5.74) is 2.19. The normalized spacial score (nSPS) is 12.3. The minimum absolute atomic E-state index is 0.0707. The Labute approximate surface area is 166 Å². The van der Waals surface area contributed by atoms with Crippen LogP contribution in [-0.2, 0) is 4.79 Å². The van der Waals surface area contributed by atoms with Gasteiger partial charge in [-0.3, -0.25) is 19.9 Å². The van der Waals surface area contributed by atoms with Gasteiger partial charge in [-0.05, 0) is 38.5 Å². The molecular formula is C18H21ClN6OS. The van der Waals surface area contributed by atoms with Gasteiger partial charge in [0.25, 0.3) is 0 Å². The predicted molar refractivity (Wildman–Crippen MR) is 107 cm³/mol. The number of thioether (sulfide) groups is 1. The van der Waals surface area contributed by atoms with Gasteiger partial charge in [-0.2, -0.15) is 5.10 Å². The predicted octanol–water partition coefficient (Wildman–Crippen LogP) is 3.20. The van der Waals surface area contributed by atoms with Crippen LogP contribution in [0.15, 0.2) is 29.4 Å². The first kappa shape index (κ1) is 19.4. The first-order valence-electron chi connectivity index (χ1n) is 8.61. The molecule has 0 saturated heterocycles. The average Bonchev–Trinajstić information content (AvgIpc) is 3.01. The molecule has 7 nitrogen and oxygen atoms in total. The number of fused-ring (bicyclic) bond motifs is 1. The number of rotatable bonds is 6. The van der Waals surface area contributed by atoms with Crippen LogP contribution in [0.25, 0.3) is 16.7 Å². The van der Waals surface area contributed by atoms with Gasteiger partial charge in [0.1, 0.15) is 5.49 Å². The Morgan fingerprint density at radius 1 is 1.48 bits per heavy atom. The lowest BCUT2D eigenvalue weighted by molar-refractivity contribution is -0.119. The quantitative estimate of drug-likeness (QED) is 0.434. The molecule has 0 radical (unpaired) electrons. The van der Waals surface area contributed by atoms with Crippen molar-refractivity contribution in [2.75, 3.05) is 5.75 Å². The lowest BCUT2D eigenvalue weighted by Crippen LogP contribution is -2.33. The number of hydrogen-bond acceptors (Lipinski definition) is 5. The number of H-pyrrole nitrogens is 1. The maximum Gasteiger partial charge on any atom is 0.230 e. The molecule has 9 heteroatoms. The second kappa shape index (κ2) is 8.14. The second-order valence-corrected chi connectivity index (χ2v) is 7.65. The summed E-state index contributed by atoms with van der Waals surface area (Å²) in [6, 6.07) is 7.34. The Morgan fingerprint density at radius 3 is 2.96 bits per heavy atom. The zero-order chi connectivity index (χ0) is 19.6. The zero-order valence-corrected chi connectivity index (χ0v) is 16.9. The number of aromatic nitrogens is 4. The lowest BCUT2D eigenvalue weighted by atomic mass is 10.3. The largest absolute Gasteiger partial charge is 0.353 e. The summed E-state index contributed by atoms with van der Waals surface area (Å²) in [4.78, 5) is 16.8. The summed E-state index contributed by atoms with van der Waals surface area (Å²) in [5, 5.41) is 20.4. The third-order valence-corrected chi connectivity index (χ3v) is 5.37. The van der Waals surface area contributed by atoms with Gasteiger partial charge in [-0.25, -0.2) is 4.98 Å². The highest BCUT2D eigenvalue weighted by Gasteiger charge is 2.16. The van der Waals surface area contributed by atoms with Gasteiger partial charge >= 0.3 is 0 Å². The van der Waals surface area contributed by atoms with Gasteiger partial charge in [0.15, 0.2) is 10.8 Å². The van der Waals surface area contributed by atoms with E-state index < -0.39 is 0 Å². The van der Waals surface area contributed by atoms with E-state index in [1.54, 1.807) is 16.7 Å². The number of nitrogens with one attached hydrogen (secondary N) is 3. The average molecular weight is 405 g/mol. The second-order valence-electron chi connectivity index (χ2n) is 6.27. The molecular weight excluding hydrogens is 384 g/mol. The number of nitrogens with zero attached hydrogens (tertiary/aromatic N) is 3. The third kappa shape index (κ3) is 4.17. The number of aryl methyl sites for hydroxylation is 1. The summed E-state index contributed by atoms with van der Waals surface area (Å²) in [7, 11) is 0. The molecule has 0 saturated carbocycles. The monoisotopic (exact) mass is 404 g/mol. The van der Waals surface area contributed by atoms with Crippen LogP contribution in [0.4, 0.5) is 0 Å². The Hall–Kier alpha value is -2.32. The van der Waals surface area contributed by atoms with Crippen molar-refractivity contribution in [1.29, 1.82) is 5.41 Å². The molecule has 3 rings (SSSR count). The Morgan fingerprint density at radius 2 is 2.26 bits per heavy atom. The maximum atomic E-state index is 12.2. The van der Waals surface area contributed by atoms with Crippen molar-refractivity contribution in [3.63, 3.8) is 0 Å². The maximum absolute atomic E-state index is 12.2. The van der Waals surface area contributed by atoms with Gasteiger partial charge in [-0.15, -0.1) is 0 Å². The summed E-state index contributed by atoms with van der Waals surface area (Å²) in [6.07, 6.45) is 0.868. The van der Waals surface area contributed by atoms with E-state index in [0.717, 1.165) is 12.1 Å². The molecule has 1 unspecified atom stereocenters. The molecule has 1 aromatic carbocycles. The molecule has 0 spiro atoms. The summed E-state index contributed by atoms with van der Waals surface area (Å²) in [6.45, 7) is 5.84. The molecule has 3 N–H and O–H groups in total. The fourth-order valence-corrected chi connectivity index (χ4v) is 3.63. The fourth-order valence-electron chi connectivity index (χ4n) is 2.63. The van der Waals surface area contributed by atoms with Crippen LogP contribution in [0.1, 0.15) is 26.0 Å². The Bertz CT molecular complexity index is 1040. The fraction of sp³-hybridized carbons (Fsp3) is 0.333. The molecule has 0 aliphatic rings. The third-order valence-electron chi connectivity index (χ3n) is 4.20. The minimum atomic E-state index is -0.0707. The van der Waals surface area contributed by atoms with Crippen molar-refractivity contribution in [2.24, 2.45) is 0 Å². The van der Waals surface area contributed by atoms with Crippen molar-refractivity contribution in [1.82, 2.24) is 25.1 Å². The number of halogens is 1. The number of amides is 1. The topological polar surface area (TPSA) is 99.5 Å². The summed E-state index contributed by atoms with van der Waals surface area (Å²) >= 11 is 7.41. The first-order valence-corrected chi connectivity index (χ1v) is 9.97. The van der Waals surface area contributed by atoms with Gasteiger partial charge in [0, 0.05) is 16.8 Å². The molecule has 1 atom stereocenters. The van der Waals surface area contributed by atoms with Gasteiger partial charge in [-0.1, -0.05) is 36.4 Å². The zero-order valence-electron chi connectivity index (χ0n) is 15.3. The molecule has 142 valence electrons. The SMILES string of the molecule is CCC(C)NC(=O)CSc1nc2n[nH]c(C)c2c(=N)n1-c1cccc(Cl)c1. The molecule has 0 aliphatic carbocycles. The van der Waals surface area contributed by atoms with Crippen molar-refractivity contribution in [2.45, 2.75) is 38.4 Å². The molecule has 2 heterocycles. The minimum Gasteiger partial charge on any atom is -0.353 e. The molecule has 0 fully saturated rings. The van der Waals surface area contributed by atoms with E-state index in [-0.39, 0.29) is 23.2 Å². The van der Waals surface area contributed by atoms with Crippen LogP contribution in [-0.4, -0.2) is 37.5 Å². The summed E-state index contributed by atoms with van der Waals surface area (Å²) < 4.78 is 1.69. The highest BCUT2D eigenvalue weighted by Crippen LogP contribution is 2.23. The molecule has 27 heavy (non-hydrogen) atoms. The highest BCUT2D eigenvalue weighted by molar-refractivity contribution is 7.99. The van der Waals surface area contributed by atoms with Crippen LogP contribution in [0.3, 0.4) is 0 Å². The standard InChI is InChI=1S/C18H21ClN6OS/c1-4-10(2)21-14(26)9-27-18-22-17-15(11(3)23-24-17)16(20)25(18)13-7-5-6-12(19)8-13/h5-8,10,20H,4,9H2,1-3H3,(H,21,26)(H,23,24). The van der Waals surface area contributed by atoms with Crippen LogP contribution in [0.5, 0.6) is 0 Å². The van der Waals surface area contributed by atoms with Gasteiger partial charge in [0.2, 0.25) is 5.91 Å². The van der Waals surface area contributed by atoms with E-state index in [0.29, 0.717) is 26.9 Å². The summed E-state index contributed by atoms with van der Waals surface area (Å²) in [5.74, 6) is 0.130. The molecule has 1 amide bonds. The van der Waals surface area contributed by atoms with Crippen LogP contribution >= 0.6 is 23.4 Å². The number of benzene rings is 1. The van der Waals surface area contributed by atoms with E-state index in [4.69, 9.17) is 17.0 Å². The molecule has 0 bridgehead atoms. The van der Waals surface area contributed by atoms with Gasteiger partial charge in [0.05, 0.1) is 16.8 Å². The number of aromatic amines is 1. The van der Waals surface area contributed by atoms with Crippen LogP contribution in [0, 0.1) is 12.3 Å². The van der Waals surface area contributed by atoms with E-state index in [1.807, 2.05) is 32.9 Å². The van der Waals surface area contributed by atoms with Crippen molar-refractivity contribution in [3.05, 3.63) is 40.5 Å². The number of hydrogen-bond donors (Lipinski definition) is 3. The Kier molecular flexibility index (Phi) is 5.86. The Balaban J connectivity index is 2.04. The molecule has 3 aromatic rings. The number of carbonyl (C=O) groups is 1. The first-order chi connectivity index (χ1) is 12.9. The molecule has 2 aromatic heterocycles. The number of carbonyl (C=O) groups excluding carboxylic acids is 1. The highest BCUT2D eigenvalue weighted by atomic mass is 35.5. The van der Waals surface area contributed by atoms with E-state index >= 15 is 0 Å². The lowest BCUT2D eigenvalue weighted by Gasteiger charge is -2.14. The van der Waals surface area contributed by atoms with Crippen LogP contribution in [0.2, 0.25) is 5.02 Å². The smallest absolute Gasteiger partial charge is 0.230 e. The van der Waals surface area contributed by atoms with Crippen molar-refractivity contribution in [3.8, 4) is 5.69 Å². The van der Waals surface area contributed by atoms with Crippen molar-refractivity contribution < 1.29 is 4.79 Å². The van der Waals surface area contributed by atoms with E-state index in [2.05, 4.69) is 20.5 Å². The van der Waals surface area contributed by atoms with Crippen LogP contribution < -0.4 is 10.8 Å². The van der Waals surface area contributed by atoms with Crippen molar-refractivity contribution >= 4 is 40.3 Å². The van der Waals surface area contributed by atoms with E-state index in [9.17, 15) is 4.79 Å².